The molecule has 1 aliphatic rings. The van der Waals surface area contributed by atoms with Gasteiger partial charge in [0.1, 0.15) is 0 Å². The molecule has 0 bridgehead atoms. The maximum atomic E-state index is 12.6. The van der Waals surface area contributed by atoms with Crippen LogP contribution in [0.15, 0.2) is 24.3 Å². The lowest BCUT2D eigenvalue weighted by Gasteiger charge is -2.28. The fourth-order valence-electron chi connectivity index (χ4n) is 2.72. The third-order valence-corrected chi connectivity index (χ3v) is 6.41. The molecule has 0 aromatic heterocycles. The first-order chi connectivity index (χ1) is 13.4. The van der Waals surface area contributed by atoms with Crippen LogP contribution < -0.4 is 10.6 Å². The number of carbonyl (C=O) groups is 2. The van der Waals surface area contributed by atoms with Gasteiger partial charge in [0.05, 0.1) is 19.4 Å². The predicted octanol–water partition coefficient (Wildman–Crippen LogP) is 2.89. The smallest absolute Gasteiger partial charge is 0.335 e. The maximum absolute atomic E-state index is 12.6. The molecule has 2 N–H and O–H groups in total. The summed E-state index contributed by atoms with van der Waals surface area (Å²) in [4.78, 5) is 25.4. The number of hydrogen-bond acceptors (Lipinski definition) is 6. The van der Waals surface area contributed by atoms with Crippen molar-refractivity contribution in [3.8, 4) is 0 Å². The normalized spacial score (nSPS) is 14.7. The number of anilines is 1. The van der Waals surface area contributed by atoms with Gasteiger partial charge < -0.3 is 19.7 Å². The molecule has 28 heavy (non-hydrogen) atoms. The number of benzene rings is 1. The summed E-state index contributed by atoms with van der Waals surface area (Å²) in [7, 11) is -3.17. The second-order valence-electron chi connectivity index (χ2n) is 6.13. The summed E-state index contributed by atoms with van der Waals surface area (Å²) in [5.41, 5.74) is 1.40. The molecule has 1 fully saturated rings. The van der Waals surface area contributed by atoms with E-state index in [1.54, 1.807) is 38.1 Å². The molecular weight excluding hydrogens is 401 g/mol. The van der Waals surface area contributed by atoms with Gasteiger partial charge in [0.25, 0.3) is 0 Å². The maximum Gasteiger partial charge on any atom is 0.335 e. The summed E-state index contributed by atoms with van der Waals surface area (Å²) in [6, 6.07) is 7.00. The minimum absolute atomic E-state index is 0.0751. The van der Waals surface area contributed by atoms with Crippen LogP contribution in [0.3, 0.4) is 0 Å². The number of amides is 2. The Labute approximate surface area is 170 Å². The average Bonchev–Trinajstić information content (AvgIpc) is 2.63. The van der Waals surface area contributed by atoms with E-state index in [2.05, 4.69) is 10.6 Å². The fourth-order valence-corrected chi connectivity index (χ4v) is 4.72. The zero-order valence-electron chi connectivity index (χ0n) is 16.1. The van der Waals surface area contributed by atoms with E-state index in [-0.39, 0.29) is 30.9 Å². The first-order valence-electron chi connectivity index (χ1n) is 9.22. The van der Waals surface area contributed by atoms with Crippen LogP contribution in [0.25, 0.3) is 0 Å². The zero-order chi connectivity index (χ0) is 20.6. The molecule has 0 saturated carbocycles. The third-order valence-electron chi connectivity index (χ3n) is 3.99. The SMILES string of the molecule is CCOP(=O)(Cc1ccc(NC(=O)CCN2C(=O)CCNC2=S)cc1)OCC. The van der Waals surface area contributed by atoms with E-state index in [0.29, 0.717) is 37.0 Å². The summed E-state index contributed by atoms with van der Waals surface area (Å²) in [6.07, 6.45) is 0.681. The van der Waals surface area contributed by atoms with Crippen LogP contribution in [0, 0.1) is 0 Å². The Kier molecular flexibility index (Phi) is 8.57. The molecule has 0 unspecified atom stereocenters. The van der Waals surface area contributed by atoms with Crippen molar-refractivity contribution in [3.05, 3.63) is 29.8 Å². The van der Waals surface area contributed by atoms with Gasteiger partial charge in [-0.3, -0.25) is 19.1 Å². The molecule has 10 heteroatoms. The molecule has 8 nitrogen and oxygen atoms in total. The van der Waals surface area contributed by atoms with E-state index < -0.39 is 7.60 Å². The van der Waals surface area contributed by atoms with Crippen LogP contribution in [0.2, 0.25) is 0 Å². The van der Waals surface area contributed by atoms with Crippen LogP contribution in [-0.2, 0) is 29.4 Å². The monoisotopic (exact) mass is 427 g/mol. The van der Waals surface area contributed by atoms with Crippen LogP contribution in [0.4, 0.5) is 5.69 Å². The summed E-state index contributed by atoms with van der Waals surface area (Å²) in [6.45, 7) is 4.93. The first kappa shape index (κ1) is 22.5. The Hall–Kier alpha value is -1.80. The van der Waals surface area contributed by atoms with Gasteiger partial charge in [0.2, 0.25) is 11.8 Å². The lowest BCUT2D eigenvalue weighted by atomic mass is 10.2. The minimum atomic E-state index is -3.17. The Balaban J connectivity index is 1.87. The molecule has 1 aromatic rings. The zero-order valence-corrected chi connectivity index (χ0v) is 17.8. The highest BCUT2D eigenvalue weighted by Crippen LogP contribution is 2.51. The number of thiocarbonyl (C=S) groups is 1. The highest BCUT2D eigenvalue weighted by atomic mass is 32.1. The molecule has 0 spiro atoms. The Morgan fingerprint density at radius 3 is 2.46 bits per heavy atom. The fraction of sp³-hybridized carbons (Fsp3) is 0.500. The van der Waals surface area contributed by atoms with Gasteiger partial charge in [-0.05, 0) is 43.8 Å². The van der Waals surface area contributed by atoms with Crippen molar-refractivity contribution in [1.29, 1.82) is 0 Å². The van der Waals surface area contributed by atoms with Crippen molar-refractivity contribution < 1.29 is 23.2 Å². The van der Waals surface area contributed by atoms with Crippen LogP contribution in [0.1, 0.15) is 32.3 Å². The number of nitrogens with one attached hydrogen (secondary N) is 2. The van der Waals surface area contributed by atoms with Crippen molar-refractivity contribution in [2.24, 2.45) is 0 Å². The molecule has 1 heterocycles. The highest BCUT2D eigenvalue weighted by molar-refractivity contribution is 7.80. The number of rotatable bonds is 10. The van der Waals surface area contributed by atoms with Crippen molar-refractivity contribution in [3.63, 3.8) is 0 Å². The van der Waals surface area contributed by atoms with Gasteiger partial charge >= 0.3 is 7.60 Å². The van der Waals surface area contributed by atoms with Crippen LogP contribution >= 0.6 is 19.8 Å². The van der Waals surface area contributed by atoms with Crippen molar-refractivity contribution in [1.82, 2.24) is 10.2 Å². The van der Waals surface area contributed by atoms with E-state index in [9.17, 15) is 14.2 Å². The van der Waals surface area contributed by atoms with Crippen molar-refractivity contribution in [2.45, 2.75) is 32.9 Å². The Morgan fingerprint density at radius 2 is 1.89 bits per heavy atom. The van der Waals surface area contributed by atoms with Gasteiger partial charge in [-0.25, -0.2) is 0 Å². The molecule has 2 amide bonds. The lowest BCUT2D eigenvalue weighted by molar-refractivity contribution is -0.128. The molecule has 1 aliphatic heterocycles. The van der Waals surface area contributed by atoms with Gasteiger partial charge in [-0.2, -0.15) is 0 Å². The molecule has 0 aliphatic carbocycles. The molecule has 1 saturated heterocycles. The Morgan fingerprint density at radius 1 is 1.25 bits per heavy atom. The minimum Gasteiger partial charge on any atom is -0.362 e. The van der Waals surface area contributed by atoms with Crippen LogP contribution in [0.5, 0.6) is 0 Å². The second-order valence-corrected chi connectivity index (χ2v) is 8.57. The largest absolute Gasteiger partial charge is 0.362 e. The topological polar surface area (TPSA) is 97.0 Å². The van der Waals surface area contributed by atoms with Crippen molar-refractivity contribution in [2.75, 3.05) is 31.6 Å². The van der Waals surface area contributed by atoms with Gasteiger partial charge in [-0.1, -0.05) is 12.1 Å². The summed E-state index contributed by atoms with van der Waals surface area (Å²) in [5, 5.41) is 6.08. The van der Waals surface area contributed by atoms with Gasteiger partial charge in [0, 0.05) is 31.6 Å². The molecule has 154 valence electrons. The number of hydrogen-bond donors (Lipinski definition) is 2. The van der Waals surface area contributed by atoms with Crippen LogP contribution in [-0.4, -0.2) is 48.1 Å². The quantitative estimate of drug-likeness (QED) is 0.438. The summed E-state index contributed by atoms with van der Waals surface area (Å²) >= 11 is 5.10. The van der Waals surface area contributed by atoms with E-state index in [1.807, 2.05) is 0 Å². The standard InChI is InChI=1S/C18H26N3O5PS/c1-3-25-27(24,26-4-2)13-14-5-7-15(8-6-14)20-16(22)10-12-21-17(23)9-11-19-18(21)28/h5-8H,3-4,9-13H2,1-2H3,(H,19,28)(H,20,22). The van der Waals surface area contributed by atoms with Gasteiger partial charge in [-0.15, -0.1) is 0 Å². The third kappa shape index (κ3) is 6.67. The predicted molar refractivity (Wildman–Crippen MR) is 111 cm³/mol. The average molecular weight is 427 g/mol. The summed E-state index contributed by atoms with van der Waals surface area (Å²) < 4.78 is 23.2. The first-order valence-corrected chi connectivity index (χ1v) is 11.4. The molecule has 1 aromatic carbocycles. The van der Waals surface area contributed by atoms with Gasteiger partial charge in [0.15, 0.2) is 5.11 Å². The molecular formula is C18H26N3O5PS. The number of nitrogens with zero attached hydrogens (tertiary/aromatic N) is 1. The molecule has 0 atom stereocenters. The van der Waals surface area contributed by atoms with E-state index in [1.165, 1.54) is 4.90 Å². The second kappa shape index (κ2) is 10.7. The van der Waals surface area contributed by atoms with Crippen molar-refractivity contribution >= 4 is 42.4 Å². The summed E-state index contributed by atoms with van der Waals surface area (Å²) in [5.74, 6) is -0.294. The van der Waals surface area contributed by atoms with E-state index in [0.717, 1.165) is 5.56 Å². The molecule has 2 rings (SSSR count). The van der Waals surface area contributed by atoms with E-state index >= 15 is 0 Å². The molecule has 0 radical (unpaired) electrons. The van der Waals surface area contributed by atoms with E-state index in [4.69, 9.17) is 21.3 Å². The highest BCUT2D eigenvalue weighted by Gasteiger charge is 2.24. The Bertz CT molecular complexity index is 730. The lowest BCUT2D eigenvalue weighted by Crippen LogP contribution is -2.50. The number of carbonyl (C=O) groups excluding carboxylic acids is 2.